The lowest BCUT2D eigenvalue weighted by Gasteiger charge is -1.94. The van der Waals surface area contributed by atoms with Crippen LogP contribution >= 0.6 is 0 Å². The average molecular weight is 125 g/mol. The molecule has 0 amide bonds. The SMILES string of the molecule is C/C=C(\C=C/N)CCC. The van der Waals surface area contributed by atoms with Crippen LogP contribution in [0.15, 0.2) is 23.9 Å². The molecule has 1 nitrogen and oxygen atoms in total. The Morgan fingerprint density at radius 2 is 2.22 bits per heavy atom. The maximum absolute atomic E-state index is 5.21. The van der Waals surface area contributed by atoms with Gasteiger partial charge in [-0.1, -0.05) is 25.0 Å². The van der Waals surface area contributed by atoms with Crippen LogP contribution in [0.4, 0.5) is 0 Å². The smallest absolute Gasteiger partial charge is 0.00597 e. The zero-order chi connectivity index (χ0) is 7.11. The molecule has 0 aliphatic rings. The minimum absolute atomic E-state index is 1.13. The highest BCUT2D eigenvalue weighted by molar-refractivity contribution is 5.16. The van der Waals surface area contributed by atoms with Crippen LogP contribution in [-0.4, -0.2) is 0 Å². The highest BCUT2D eigenvalue weighted by atomic mass is 14.5. The van der Waals surface area contributed by atoms with Gasteiger partial charge >= 0.3 is 0 Å². The fraction of sp³-hybridized carbons (Fsp3) is 0.500. The summed E-state index contributed by atoms with van der Waals surface area (Å²) < 4.78 is 0. The lowest BCUT2D eigenvalue weighted by molar-refractivity contribution is 0.923. The molecule has 0 aromatic carbocycles. The fourth-order valence-corrected chi connectivity index (χ4v) is 0.736. The molecule has 0 saturated carbocycles. The third-order valence-corrected chi connectivity index (χ3v) is 1.22. The Morgan fingerprint density at radius 3 is 2.56 bits per heavy atom. The van der Waals surface area contributed by atoms with Gasteiger partial charge in [0, 0.05) is 0 Å². The van der Waals surface area contributed by atoms with Crippen molar-refractivity contribution in [1.82, 2.24) is 0 Å². The highest BCUT2D eigenvalue weighted by Gasteiger charge is 1.84. The molecule has 0 aromatic heterocycles. The van der Waals surface area contributed by atoms with Gasteiger partial charge in [0.05, 0.1) is 0 Å². The maximum atomic E-state index is 5.21. The van der Waals surface area contributed by atoms with E-state index in [0.29, 0.717) is 0 Å². The van der Waals surface area contributed by atoms with Crippen molar-refractivity contribution in [1.29, 1.82) is 0 Å². The van der Waals surface area contributed by atoms with Crippen LogP contribution in [0.25, 0.3) is 0 Å². The molecule has 0 atom stereocenters. The van der Waals surface area contributed by atoms with Gasteiger partial charge in [0.2, 0.25) is 0 Å². The van der Waals surface area contributed by atoms with E-state index in [1.807, 2.05) is 13.0 Å². The molecule has 0 aliphatic heterocycles. The topological polar surface area (TPSA) is 26.0 Å². The Labute approximate surface area is 57.3 Å². The summed E-state index contributed by atoms with van der Waals surface area (Å²) in [5.74, 6) is 0. The van der Waals surface area contributed by atoms with Crippen molar-refractivity contribution >= 4 is 0 Å². The third-order valence-electron chi connectivity index (χ3n) is 1.22. The van der Waals surface area contributed by atoms with Crippen molar-refractivity contribution < 1.29 is 0 Å². The highest BCUT2D eigenvalue weighted by Crippen LogP contribution is 2.04. The summed E-state index contributed by atoms with van der Waals surface area (Å²) >= 11 is 0. The molecule has 0 heterocycles. The van der Waals surface area contributed by atoms with Gasteiger partial charge in [-0.3, -0.25) is 0 Å². The van der Waals surface area contributed by atoms with Gasteiger partial charge in [0.15, 0.2) is 0 Å². The van der Waals surface area contributed by atoms with Crippen LogP contribution < -0.4 is 5.73 Å². The van der Waals surface area contributed by atoms with Gasteiger partial charge in [-0.25, -0.2) is 0 Å². The van der Waals surface area contributed by atoms with E-state index in [1.54, 1.807) is 6.20 Å². The quantitative estimate of drug-likeness (QED) is 0.575. The van der Waals surface area contributed by atoms with E-state index >= 15 is 0 Å². The van der Waals surface area contributed by atoms with E-state index < -0.39 is 0 Å². The van der Waals surface area contributed by atoms with Crippen LogP contribution in [0.5, 0.6) is 0 Å². The van der Waals surface area contributed by atoms with E-state index in [2.05, 4.69) is 13.0 Å². The molecule has 0 spiro atoms. The third kappa shape index (κ3) is 3.83. The van der Waals surface area contributed by atoms with Gasteiger partial charge in [0.25, 0.3) is 0 Å². The van der Waals surface area contributed by atoms with Gasteiger partial charge in [-0.15, -0.1) is 0 Å². The first-order chi connectivity index (χ1) is 4.35. The van der Waals surface area contributed by atoms with Crippen LogP contribution in [0, 0.1) is 0 Å². The fourth-order valence-electron chi connectivity index (χ4n) is 0.736. The number of nitrogens with two attached hydrogens (primary N) is 1. The molecule has 0 fully saturated rings. The summed E-state index contributed by atoms with van der Waals surface area (Å²) in [5, 5.41) is 0. The molecule has 0 aliphatic carbocycles. The standard InChI is InChI=1S/C8H15N/c1-3-5-8(4-2)6-7-9/h4,6-7H,3,5,9H2,1-2H3/b7-6-,8-4-. The lowest BCUT2D eigenvalue weighted by Crippen LogP contribution is -1.80. The van der Waals surface area contributed by atoms with Crippen molar-refractivity contribution in [2.75, 3.05) is 0 Å². The Balaban J connectivity index is 3.70. The molecular weight excluding hydrogens is 110 g/mol. The summed E-state index contributed by atoms with van der Waals surface area (Å²) in [5.41, 5.74) is 6.53. The second-order valence-corrected chi connectivity index (χ2v) is 1.97. The van der Waals surface area contributed by atoms with Crippen molar-refractivity contribution in [3.63, 3.8) is 0 Å². The minimum Gasteiger partial charge on any atom is -0.405 e. The van der Waals surface area contributed by atoms with Crippen LogP contribution in [0.3, 0.4) is 0 Å². The van der Waals surface area contributed by atoms with Gasteiger partial charge in [-0.05, 0) is 25.6 Å². The monoisotopic (exact) mass is 125 g/mol. The van der Waals surface area contributed by atoms with Crippen molar-refractivity contribution in [3.05, 3.63) is 23.9 Å². The van der Waals surface area contributed by atoms with E-state index in [-0.39, 0.29) is 0 Å². The van der Waals surface area contributed by atoms with Crippen molar-refractivity contribution in [2.45, 2.75) is 26.7 Å². The Bertz CT molecular complexity index is 112. The second-order valence-electron chi connectivity index (χ2n) is 1.97. The number of hydrogen-bond acceptors (Lipinski definition) is 1. The summed E-state index contributed by atoms with van der Waals surface area (Å²) in [4.78, 5) is 0. The average Bonchev–Trinajstić information content (AvgIpc) is 1.88. The van der Waals surface area contributed by atoms with Crippen LogP contribution in [0.2, 0.25) is 0 Å². The predicted octanol–water partition coefficient (Wildman–Crippen LogP) is 2.21. The molecule has 2 N–H and O–H groups in total. The first-order valence-corrected chi connectivity index (χ1v) is 3.38. The van der Waals surface area contributed by atoms with Crippen LogP contribution in [0.1, 0.15) is 26.7 Å². The Morgan fingerprint density at radius 1 is 1.56 bits per heavy atom. The molecule has 52 valence electrons. The number of hydrogen-bond donors (Lipinski definition) is 1. The van der Waals surface area contributed by atoms with E-state index in [1.165, 1.54) is 12.0 Å². The predicted molar refractivity (Wildman–Crippen MR) is 42.0 cm³/mol. The molecular formula is C8H15N. The lowest BCUT2D eigenvalue weighted by atomic mass is 10.1. The molecule has 0 saturated heterocycles. The molecule has 0 aromatic rings. The minimum atomic E-state index is 1.13. The van der Waals surface area contributed by atoms with E-state index in [4.69, 9.17) is 5.73 Å². The second kappa shape index (κ2) is 5.42. The molecule has 1 heteroatoms. The van der Waals surface area contributed by atoms with Gasteiger partial charge < -0.3 is 5.73 Å². The molecule has 0 bridgehead atoms. The van der Waals surface area contributed by atoms with E-state index in [0.717, 1.165) is 6.42 Å². The normalized spacial score (nSPS) is 12.9. The summed E-state index contributed by atoms with van der Waals surface area (Å²) in [6.07, 6.45) is 7.94. The molecule has 9 heavy (non-hydrogen) atoms. The summed E-state index contributed by atoms with van der Waals surface area (Å²) in [6.45, 7) is 4.19. The van der Waals surface area contributed by atoms with Crippen LogP contribution in [-0.2, 0) is 0 Å². The first-order valence-electron chi connectivity index (χ1n) is 3.38. The number of rotatable bonds is 3. The maximum Gasteiger partial charge on any atom is -0.00597 e. The molecule has 0 rings (SSSR count). The van der Waals surface area contributed by atoms with Gasteiger partial charge in [-0.2, -0.15) is 0 Å². The van der Waals surface area contributed by atoms with E-state index in [9.17, 15) is 0 Å². The van der Waals surface area contributed by atoms with Gasteiger partial charge in [0.1, 0.15) is 0 Å². The zero-order valence-corrected chi connectivity index (χ0v) is 6.22. The van der Waals surface area contributed by atoms with Crippen molar-refractivity contribution in [2.24, 2.45) is 5.73 Å². The summed E-state index contributed by atoms with van der Waals surface area (Å²) in [7, 11) is 0. The number of allylic oxidation sites excluding steroid dienone is 3. The van der Waals surface area contributed by atoms with Crippen molar-refractivity contribution in [3.8, 4) is 0 Å². The largest absolute Gasteiger partial charge is 0.405 e. The molecule has 0 radical (unpaired) electrons. The molecule has 0 unspecified atom stereocenters. The Hall–Kier alpha value is -0.720. The summed E-state index contributed by atoms with van der Waals surface area (Å²) in [6, 6.07) is 0. The zero-order valence-electron chi connectivity index (χ0n) is 6.22. The first kappa shape index (κ1) is 8.28. The Kier molecular flexibility index (Phi) is 4.98.